The zero-order valence-corrected chi connectivity index (χ0v) is 15.7. The number of hydrogen-bond acceptors (Lipinski definition) is 2. The van der Waals surface area contributed by atoms with Gasteiger partial charge in [-0.15, -0.1) is 0 Å². The SMILES string of the molecule is Cc1ccccc1C(C)(C(C)C[SiH]1CCCCO1)P(=O)(O)O. The predicted octanol–water partition coefficient (Wildman–Crippen LogP) is 3.56. The summed E-state index contributed by atoms with van der Waals surface area (Å²) < 4.78 is 18.3. The summed E-state index contributed by atoms with van der Waals surface area (Å²) in [5.41, 5.74) is 1.70. The van der Waals surface area contributed by atoms with Gasteiger partial charge in [-0.2, -0.15) is 0 Å². The highest BCUT2D eigenvalue weighted by atomic mass is 31.2. The molecule has 0 spiro atoms. The summed E-state index contributed by atoms with van der Waals surface area (Å²) in [5.74, 6) is -0.107. The Hall–Kier alpha value is -0.453. The van der Waals surface area contributed by atoms with Gasteiger partial charge >= 0.3 is 7.60 Å². The highest BCUT2D eigenvalue weighted by Crippen LogP contribution is 2.62. The molecule has 1 fully saturated rings. The van der Waals surface area contributed by atoms with Gasteiger partial charge in [-0.25, -0.2) is 0 Å². The molecule has 1 aliphatic heterocycles. The van der Waals surface area contributed by atoms with Crippen molar-refractivity contribution in [2.75, 3.05) is 6.61 Å². The molecule has 0 bridgehead atoms. The highest BCUT2D eigenvalue weighted by molar-refractivity contribution is 7.53. The molecule has 1 heterocycles. The third-order valence-corrected chi connectivity index (χ3v) is 10.0. The molecular formula is C16H27O4PSi. The smallest absolute Gasteiger partial charge is 0.335 e. The first kappa shape index (κ1) is 17.9. The molecule has 6 heteroatoms. The molecule has 0 aliphatic carbocycles. The second-order valence-electron chi connectivity index (χ2n) is 6.63. The molecule has 0 aromatic heterocycles. The van der Waals surface area contributed by atoms with Gasteiger partial charge in [0.25, 0.3) is 0 Å². The number of rotatable bonds is 5. The average molecular weight is 342 g/mol. The van der Waals surface area contributed by atoms with Crippen LogP contribution in [0.25, 0.3) is 0 Å². The normalized spacial score (nSPS) is 23.8. The van der Waals surface area contributed by atoms with Gasteiger partial charge in [0.2, 0.25) is 0 Å². The lowest BCUT2D eigenvalue weighted by atomic mass is 9.86. The Kier molecular flexibility index (Phi) is 5.67. The highest BCUT2D eigenvalue weighted by Gasteiger charge is 2.49. The maximum Gasteiger partial charge on any atom is 0.335 e. The van der Waals surface area contributed by atoms with E-state index in [-0.39, 0.29) is 5.92 Å². The summed E-state index contributed by atoms with van der Waals surface area (Å²) in [6.45, 7) is 6.43. The molecule has 0 amide bonds. The Morgan fingerprint density at radius 1 is 1.36 bits per heavy atom. The van der Waals surface area contributed by atoms with Crippen LogP contribution in [0, 0.1) is 12.8 Å². The van der Waals surface area contributed by atoms with Crippen LogP contribution >= 0.6 is 7.60 Å². The monoisotopic (exact) mass is 342 g/mol. The first-order valence-electron chi connectivity index (χ1n) is 8.00. The number of aryl methyl sites for hydroxylation is 1. The average Bonchev–Trinajstić information content (AvgIpc) is 2.46. The van der Waals surface area contributed by atoms with Gasteiger partial charge in [0.05, 0.1) is 5.16 Å². The second-order valence-corrected chi connectivity index (χ2v) is 11.3. The fourth-order valence-corrected chi connectivity index (χ4v) is 7.95. The topological polar surface area (TPSA) is 66.8 Å². The fourth-order valence-electron chi connectivity index (χ4n) is 3.47. The van der Waals surface area contributed by atoms with Crippen LogP contribution in [0.15, 0.2) is 24.3 Å². The molecule has 124 valence electrons. The van der Waals surface area contributed by atoms with Crippen molar-refractivity contribution in [2.45, 2.75) is 50.9 Å². The van der Waals surface area contributed by atoms with E-state index in [1.54, 1.807) is 6.92 Å². The number of benzene rings is 1. The molecule has 1 aromatic rings. The van der Waals surface area contributed by atoms with Crippen LogP contribution in [0.2, 0.25) is 12.1 Å². The Balaban J connectivity index is 2.33. The standard InChI is InChI=1S/C16H27O4PSi/c1-13-8-4-5-9-15(13)16(3,21(17,18)19)14(2)12-22-11-7-6-10-20-22/h4-5,8-9,14,22H,6-7,10-12H2,1-3H3,(H2,17,18,19). The van der Waals surface area contributed by atoms with Crippen molar-refractivity contribution in [3.8, 4) is 0 Å². The van der Waals surface area contributed by atoms with Crippen molar-refractivity contribution in [1.82, 2.24) is 0 Å². The van der Waals surface area contributed by atoms with Crippen molar-refractivity contribution < 1.29 is 18.8 Å². The molecule has 2 N–H and O–H groups in total. The molecule has 3 atom stereocenters. The van der Waals surface area contributed by atoms with Gasteiger partial charge in [-0.3, -0.25) is 4.57 Å². The lowest BCUT2D eigenvalue weighted by Gasteiger charge is -2.39. The summed E-state index contributed by atoms with van der Waals surface area (Å²) >= 11 is 0. The van der Waals surface area contributed by atoms with E-state index in [1.807, 2.05) is 38.1 Å². The minimum absolute atomic E-state index is 0.107. The molecule has 22 heavy (non-hydrogen) atoms. The van der Waals surface area contributed by atoms with Crippen molar-refractivity contribution in [1.29, 1.82) is 0 Å². The van der Waals surface area contributed by atoms with Crippen LogP contribution in [0.1, 0.15) is 37.8 Å². The fraction of sp³-hybridized carbons (Fsp3) is 0.625. The summed E-state index contributed by atoms with van der Waals surface area (Å²) in [7, 11) is -5.63. The molecular weight excluding hydrogens is 315 g/mol. The van der Waals surface area contributed by atoms with Crippen molar-refractivity contribution in [3.63, 3.8) is 0 Å². The quantitative estimate of drug-likeness (QED) is 0.634. The first-order chi connectivity index (χ1) is 10.3. The summed E-state index contributed by atoms with van der Waals surface area (Å²) in [5, 5.41) is -1.15. The van der Waals surface area contributed by atoms with Crippen LogP contribution in [0.3, 0.4) is 0 Å². The molecule has 1 saturated heterocycles. The minimum atomic E-state index is -4.29. The lowest BCUT2D eigenvalue weighted by molar-refractivity contribution is 0.267. The van der Waals surface area contributed by atoms with E-state index in [1.165, 1.54) is 6.42 Å². The molecule has 4 nitrogen and oxygen atoms in total. The zero-order chi connectivity index (χ0) is 16.4. The minimum Gasteiger partial charge on any atom is -0.420 e. The first-order valence-corrected chi connectivity index (χ1v) is 11.7. The van der Waals surface area contributed by atoms with Crippen LogP contribution in [-0.4, -0.2) is 25.4 Å². The summed E-state index contributed by atoms with van der Waals surface area (Å²) in [6.07, 6.45) is 2.31. The van der Waals surface area contributed by atoms with E-state index in [4.69, 9.17) is 4.43 Å². The molecule has 1 aromatic carbocycles. The van der Waals surface area contributed by atoms with Crippen LogP contribution < -0.4 is 0 Å². The summed E-state index contributed by atoms with van der Waals surface area (Å²) in [6, 6.07) is 9.48. The van der Waals surface area contributed by atoms with E-state index in [0.717, 1.165) is 36.2 Å². The van der Waals surface area contributed by atoms with E-state index < -0.39 is 21.8 Å². The van der Waals surface area contributed by atoms with E-state index >= 15 is 0 Å². The Bertz CT molecular complexity index is 553. The van der Waals surface area contributed by atoms with Gasteiger partial charge in [0.1, 0.15) is 0 Å². The lowest BCUT2D eigenvalue weighted by Crippen LogP contribution is -2.36. The van der Waals surface area contributed by atoms with Gasteiger partial charge in [-0.05, 0) is 49.4 Å². The van der Waals surface area contributed by atoms with Crippen molar-refractivity contribution in [2.24, 2.45) is 5.92 Å². The maximum absolute atomic E-state index is 12.4. The Morgan fingerprint density at radius 2 is 2.05 bits per heavy atom. The molecule has 2 rings (SSSR count). The third-order valence-electron chi connectivity index (χ3n) is 5.15. The van der Waals surface area contributed by atoms with Gasteiger partial charge in [0, 0.05) is 6.61 Å². The van der Waals surface area contributed by atoms with E-state index in [9.17, 15) is 14.4 Å². The van der Waals surface area contributed by atoms with Crippen LogP contribution in [-0.2, 0) is 14.1 Å². The Labute approximate surface area is 134 Å². The van der Waals surface area contributed by atoms with Gasteiger partial charge in [-0.1, -0.05) is 37.6 Å². The van der Waals surface area contributed by atoms with Crippen molar-refractivity contribution in [3.05, 3.63) is 35.4 Å². The number of hydrogen-bond donors (Lipinski definition) is 2. The summed E-state index contributed by atoms with van der Waals surface area (Å²) in [4.78, 5) is 20.2. The Morgan fingerprint density at radius 3 is 2.59 bits per heavy atom. The van der Waals surface area contributed by atoms with Crippen molar-refractivity contribution >= 4 is 16.6 Å². The maximum atomic E-state index is 12.4. The molecule has 1 aliphatic rings. The van der Waals surface area contributed by atoms with E-state index in [2.05, 4.69) is 0 Å². The predicted molar refractivity (Wildman–Crippen MR) is 91.7 cm³/mol. The molecule has 0 radical (unpaired) electrons. The molecule has 3 unspecified atom stereocenters. The second kappa shape index (κ2) is 6.98. The van der Waals surface area contributed by atoms with Gasteiger partial charge < -0.3 is 14.2 Å². The zero-order valence-electron chi connectivity index (χ0n) is 13.7. The largest absolute Gasteiger partial charge is 0.420 e. The van der Waals surface area contributed by atoms with Gasteiger partial charge in [0.15, 0.2) is 9.04 Å². The van der Waals surface area contributed by atoms with Crippen LogP contribution in [0.4, 0.5) is 0 Å². The molecule has 0 saturated carbocycles. The van der Waals surface area contributed by atoms with Crippen LogP contribution in [0.5, 0.6) is 0 Å². The van der Waals surface area contributed by atoms with E-state index in [0.29, 0.717) is 0 Å². The third kappa shape index (κ3) is 3.55.